The minimum absolute atomic E-state index is 0.287. The first kappa shape index (κ1) is 9.01. The number of rotatable bonds is 3. The van der Waals surface area contributed by atoms with E-state index in [0.717, 1.165) is 19.4 Å². The molecule has 1 saturated heterocycles. The fraction of sp³-hybridized carbons (Fsp3) is 1.00. The second kappa shape index (κ2) is 4.07. The number of aliphatic hydroxyl groups is 1. The van der Waals surface area contributed by atoms with E-state index in [1.165, 1.54) is 0 Å². The summed E-state index contributed by atoms with van der Waals surface area (Å²) in [7, 11) is 0. The SMILES string of the molecule is CCC(C)C1OCCC1CO. The number of hydrogen-bond acceptors (Lipinski definition) is 2. The van der Waals surface area contributed by atoms with Gasteiger partial charge in [-0.15, -0.1) is 0 Å². The van der Waals surface area contributed by atoms with Crippen LogP contribution in [0.25, 0.3) is 0 Å². The van der Waals surface area contributed by atoms with Crippen LogP contribution in [-0.4, -0.2) is 24.4 Å². The summed E-state index contributed by atoms with van der Waals surface area (Å²) in [6.45, 7) is 5.48. The summed E-state index contributed by atoms with van der Waals surface area (Å²) in [4.78, 5) is 0. The van der Waals surface area contributed by atoms with Gasteiger partial charge in [-0.05, 0) is 12.3 Å². The topological polar surface area (TPSA) is 29.5 Å². The zero-order valence-corrected chi connectivity index (χ0v) is 7.42. The normalized spacial score (nSPS) is 34.1. The lowest BCUT2D eigenvalue weighted by Gasteiger charge is -2.22. The van der Waals surface area contributed by atoms with Gasteiger partial charge in [0.25, 0.3) is 0 Å². The van der Waals surface area contributed by atoms with E-state index in [9.17, 15) is 0 Å². The molecular weight excluding hydrogens is 140 g/mol. The van der Waals surface area contributed by atoms with Crippen molar-refractivity contribution in [3.05, 3.63) is 0 Å². The van der Waals surface area contributed by atoms with Crippen LogP contribution in [0.4, 0.5) is 0 Å². The highest BCUT2D eigenvalue weighted by atomic mass is 16.5. The Balaban J connectivity index is 2.42. The molecule has 3 atom stereocenters. The zero-order valence-electron chi connectivity index (χ0n) is 7.42. The van der Waals surface area contributed by atoms with Crippen LogP contribution < -0.4 is 0 Å². The fourth-order valence-corrected chi connectivity index (χ4v) is 1.71. The van der Waals surface area contributed by atoms with Crippen LogP contribution in [0.5, 0.6) is 0 Å². The molecule has 1 aliphatic rings. The standard InChI is InChI=1S/C9H18O2/c1-3-7(2)9-8(6-10)4-5-11-9/h7-10H,3-6H2,1-2H3. The molecule has 3 unspecified atom stereocenters. The molecule has 2 nitrogen and oxygen atoms in total. The molecule has 0 aromatic heterocycles. The molecule has 0 bridgehead atoms. The Hall–Kier alpha value is -0.0800. The van der Waals surface area contributed by atoms with Gasteiger partial charge < -0.3 is 9.84 Å². The molecule has 0 radical (unpaired) electrons. The number of hydrogen-bond donors (Lipinski definition) is 1. The molecule has 1 N–H and O–H groups in total. The van der Waals surface area contributed by atoms with Gasteiger partial charge in [0.05, 0.1) is 6.10 Å². The third-order valence-corrected chi connectivity index (χ3v) is 2.70. The summed E-state index contributed by atoms with van der Waals surface area (Å²) in [5.74, 6) is 0.986. The predicted molar refractivity (Wildman–Crippen MR) is 44.4 cm³/mol. The molecule has 0 aliphatic carbocycles. The van der Waals surface area contributed by atoms with E-state index in [0.29, 0.717) is 17.9 Å². The quantitative estimate of drug-likeness (QED) is 0.673. The van der Waals surface area contributed by atoms with E-state index in [1.807, 2.05) is 0 Å². The van der Waals surface area contributed by atoms with Crippen molar-refractivity contribution >= 4 is 0 Å². The van der Waals surface area contributed by atoms with Gasteiger partial charge in [-0.2, -0.15) is 0 Å². The summed E-state index contributed by atoms with van der Waals surface area (Å²) in [5, 5.41) is 9.00. The van der Waals surface area contributed by atoms with Crippen molar-refractivity contribution in [3.8, 4) is 0 Å². The van der Waals surface area contributed by atoms with Crippen LogP contribution in [0.15, 0.2) is 0 Å². The van der Waals surface area contributed by atoms with Crippen LogP contribution >= 0.6 is 0 Å². The van der Waals surface area contributed by atoms with E-state index in [-0.39, 0.29) is 6.61 Å². The largest absolute Gasteiger partial charge is 0.396 e. The minimum atomic E-state index is 0.287. The van der Waals surface area contributed by atoms with E-state index in [4.69, 9.17) is 9.84 Å². The minimum Gasteiger partial charge on any atom is -0.396 e. The van der Waals surface area contributed by atoms with Crippen molar-refractivity contribution in [2.24, 2.45) is 11.8 Å². The average molecular weight is 158 g/mol. The third kappa shape index (κ3) is 1.94. The fourth-order valence-electron chi connectivity index (χ4n) is 1.71. The number of aliphatic hydroxyl groups excluding tert-OH is 1. The van der Waals surface area contributed by atoms with Crippen LogP contribution in [0.3, 0.4) is 0 Å². The van der Waals surface area contributed by atoms with Crippen molar-refractivity contribution in [2.75, 3.05) is 13.2 Å². The first-order valence-electron chi connectivity index (χ1n) is 4.52. The Kier molecular flexibility index (Phi) is 3.34. The van der Waals surface area contributed by atoms with Crippen LogP contribution in [0, 0.1) is 11.8 Å². The lowest BCUT2D eigenvalue weighted by atomic mass is 9.91. The first-order valence-corrected chi connectivity index (χ1v) is 4.52. The van der Waals surface area contributed by atoms with Crippen molar-refractivity contribution in [1.29, 1.82) is 0 Å². The van der Waals surface area contributed by atoms with Gasteiger partial charge >= 0.3 is 0 Å². The maximum Gasteiger partial charge on any atom is 0.0651 e. The molecule has 0 aromatic carbocycles. The van der Waals surface area contributed by atoms with Crippen molar-refractivity contribution < 1.29 is 9.84 Å². The lowest BCUT2D eigenvalue weighted by molar-refractivity contribution is 0.0318. The van der Waals surface area contributed by atoms with E-state index in [2.05, 4.69) is 13.8 Å². The molecule has 0 saturated carbocycles. The summed E-state index contributed by atoms with van der Waals surface area (Å²) < 4.78 is 5.55. The molecule has 1 rings (SSSR count). The smallest absolute Gasteiger partial charge is 0.0651 e. The average Bonchev–Trinajstić information content (AvgIpc) is 2.50. The van der Waals surface area contributed by atoms with Crippen molar-refractivity contribution in [3.63, 3.8) is 0 Å². The van der Waals surface area contributed by atoms with Gasteiger partial charge in [-0.1, -0.05) is 20.3 Å². The molecule has 1 fully saturated rings. The van der Waals surface area contributed by atoms with Gasteiger partial charge in [-0.25, -0.2) is 0 Å². The second-order valence-corrected chi connectivity index (χ2v) is 3.45. The monoisotopic (exact) mass is 158 g/mol. The maximum atomic E-state index is 9.00. The lowest BCUT2D eigenvalue weighted by Crippen LogP contribution is -2.26. The Bertz CT molecular complexity index is 114. The Morgan fingerprint density at radius 1 is 1.64 bits per heavy atom. The van der Waals surface area contributed by atoms with E-state index in [1.54, 1.807) is 0 Å². The second-order valence-electron chi connectivity index (χ2n) is 3.45. The van der Waals surface area contributed by atoms with Crippen LogP contribution in [0.2, 0.25) is 0 Å². The van der Waals surface area contributed by atoms with Gasteiger partial charge in [-0.3, -0.25) is 0 Å². The Morgan fingerprint density at radius 2 is 2.36 bits per heavy atom. The highest BCUT2D eigenvalue weighted by molar-refractivity contribution is 4.79. The predicted octanol–water partition coefficient (Wildman–Crippen LogP) is 1.43. The Morgan fingerprint density at radius 3 is 2.91 bits per heavy atom. The molecule has 66 valence electrons. The molecule has 0 aromatic rings. The van der Waals surface area contributed by atoms with Gasteiger partial charge in [0.15, 0.2) is 0 Å². The van der Waals surface area contributed by atoms with Crippen LogP contribution in [0.1, 0.15) is 26.7 Å². The summed E-state index contributed by atoms with van der Waals surface area (Å²) in [6.07, 6.45) is 2.48. The summed E-state index contributed by atoms with van der Waals surface area (Å²) in [5.41, 5.74) is 0. The van der Waals surface area contributed by atoms with Gasteiger partial charge in [0.2, 0.25) is 0 Å². The van der Waals surface area contributed by atoms with E-state index >= 15 is 0 Å². The summed E-state index contributed by atoms with van der Waals surface area (Å²) in [6, 6.07) is 0. The van der Waals surface area contributed by atoms with Crippen molar-refractivity contribution in [1.82, 2.24) is 0 Å². The highest BCUT2D eigenvalue weighted by Gasteiger charge is 2.30. The molecule has 0 amide bonds. The van der Waals surface area contributed by atoms with Crippen LogP contribution in [-0.2, 0) is 4.74 Å². The van der Waals surface area contributed by atoms with E-state index < -0.39 is 0 Å². The Labute approximate surface area is 68.6 Å². The molecule has 0 spiro atoms. The highest BCUT2D eigenvalue weighted by Crippen LogP contribution is 2.27. The molecule has 11 heavy (non-hydrogen) atoms. The number of ether oxygens (including phenoxy) is 1. The maximum absolute atomic E-state index is 9.00. The first-order chi connectivity index (χ1) is 5.29. The zero-order chi connectivity index (χ0) is 8.27. The molecular formula is C9H18O2. The van der Waals surface area contributed by atoms with Gasteiger partial charge in [0, 0.05) is 19.1 Å². The molecule has 1 heterocycles. The summed E-state index contributed by atoms with van der Waals surface area (Å²) >= 11 is 0. The molecule has 2 heteroatoms. The van der Waals surface area contributed by atoms with Gasteiger partial charge in [0.1, 0.15) is 0 Å². The van der Waals surface area contributed by atoms with Crippen molar-refractivity contribution in [2.45, 2.75) is 32.8 Å². The molecule has 1 aliphatic heterocycles. The third-order valence-electron chi connectivity index (χ3n) is 2.70.